The van der Waals surface area contributed by atoms with Crippen molar-refractivity contribution in [2.75, 3.05) is 46.4 Å². The van der Waals surface area contributed by atoms with Crippen LogP contribution in [0.4, 0.5) is 0 Å². The largest absolute Gasteiger partial charge is 0.493 e. The second-order valence-electron chi connectivity index (χ2n) is 11.5. The molecule has 0 aromatic heterocycles. The maximum Gasteiger partial charge on any atom is 0.337 e. The highest BCUT2D eigenvalue weighted by molar-refractivity contribution is 5.91. The Balaban J connectivity index is 0.00000124. The van der Waals surface area contributed by atoms with E-state index in [0.29, 0.717) is 56.4 Å². The molecule has 2 heterocycles. The van der Waals surface area contributed by atoms with Crippen molar-refractivity contribution in [1.29, 1.82) is 0 Å². The average molecular weight is 546 g/mol. The number of methoxy groups -OCH3 is 1. The van der Waals surface area contributed by atoms with Gasteiger partial charge >= 0.3 is 5.97 Å². The lowest BCUT2D eigenvalue weighted by Crippen LogP contribution is -2.60. The fraction of sp³-hybridized carbons (Fsp3) is 0.667. The minimum absolute atomic E-state index is 0.0527. The van der Waals surface area contributed by atoms with Crippen molar-refractivity contribution in [2.24, 2.45) is 17.8 Å². The van der Waals surface area contributed by atoms with Crippen molar-refractivity contribution < 1.29 is 28.7 Å². The number of carbonyl (C=O) groups is 4. The van der Waals surface area contributed by atoms with Crippen LogP contribution in [0.5, 0.6) is 5.75 Å². The van der Waals surface area contributed by atoms with Crippen LogP contribution in [0.3, 0.4) is 0 Å². The quantitative estimate of drug-likeness (QED) is 0.461. The summed E-state index contributed by atoms with van der Waals surface area (Å²) in [5.74, 6) is 1.33. The fourth-order valence-corrected chi connectivity index (χ4v) is 4.70. The zero-order chi connectivity index (χ0) is 29.1. The van der Waals surface area contributed by atoms with Gasteiger partial charge in [0.25, 0.3) is 0 Å². The Morgan fingerprint density at radius 3 is 2.21 bits per heavy atom. The summed E-state index contributed by atoms with van der Waals surface area (Å²) in [6.45, 7) is 14.7. The molecule has 9 heteroatoms. The Morgan fingerprint density at radius 2 is 1.64 bits per heavy atom. The van der Waals surface area contributed by atoms with Crippen LogP contribution >= 0.6 is 0 Å². The van der Waals surface area contributed by atoms with E-state index in [1.807, 2.05) is 18.7 Å². The average Bonchev–Trinajstić information content (AvgIpc) is 2.89. The van der Waals surface area contributed by atoms with Crippen LogP contribution in [0.2, 0.25) is 0 Å². The molecule has 218 valence electrons. The molecule has 3 rings (SSSR count). The third-order valence-corrected chi connectivity index (χ3v) is 6.72. The molecule has 0 spiro atoms. The van der Waals surface area contributed by atoms with Gasteiger partial charge in [0.05, 0.1) is 25.8 Å². The van der Waals surface area contributed by atoms with Gasteiger partial charge in [0.1, 0.15) is 11.8 Å². The first-order chi connectivity index (χ1) is 18.4. The molecule has 0 radical (unpaired) electrons. The molecule has 1 unspecified atom stereocenters. The van der Waals surface area contributed by atoms with E-state index in [-0.39, 0.29) is 30.2 Å². The van der Waals surface area contributed by atoms with Crippen LogP contribution in [0.15, 0.2) is 24.3 Å². The van der Waals surface area contributed by atoms with Gasteiger partial charge in [0.15, 0.2) is 0 Å². The van der Waals surface area contributed by atoms with Gasteiger partial charge in [-0.15, -0.1) is 0 Å². The van der Waals surface area contributed by atoms with Gasteiger partial charge in [-0.25, -0.2) is 4.79 Å². The van der Waals surface area contributed by atoms with Crippen LogP contribution in [0, 0.1) is 17.8 Å². The summed E-state index contributed by atoms with van der Waals surface area (Å²) in [5, 5.41) is 0. The molecule has 39 heavy (non-hydrogen) atoms. The highest BCUT2D eigenvalue weighted by Crippen LogP contribution is 2.22. The minimum atomic E-state index is -0.491. The van der Waals surface area contributed by atoms with Crippen molar-refractivity contribution in [3.05, 3.63) is 29.8 Å². The first-order valence-electron chi connectivity index (χ1n) is 14.1. The third kappa shape index (κ3) is 10.2. The van der Waals surface area contributed by atoms with Crippen LogP contribution in [-0.2, 0) is 19.1 Å². The van der Waals surface area contributed by atoms with Crippen molar-refractivity contribution in [3.63, 3.8) is 0 Å². The van der Waals surface area contributed by atoms with E-state index in [1.165, 1.54) is 14.0 Å². The van der Waals surface area contributed by atoms with Crippen molar-refractivity contribution >= 4 is 23.7 Å². The summed E-state index contributed by atoms with van der Waals surface area (Å²) in [6, 6.07) is 6.42. The maximum atomic E-state index is 13.1. The molecular weight excluding hydrogens is 498 g/mol. The zero-order valence-electron chi connectivity index (χ0n) is 24.8. The van der Waals surface area contributed by atoms with Crippen LogP contribution in [-0.4, -0.2) is 90.9 Å². The maximum absolute atomic E-state index is 13.1. The third-order valence-electron chi connectivity index (χ3n) is 6.72. The van der Waals surface area contributed by atoms with E-state index in [4.69, 9.17) is 9.47 Å². The van der Waals surface area contributed by atoms with E-state index in [1.54, 1.807) is 34.1 Å². The van der Waals surface area contributed by atoms with E-state index < -0.39 is 12.0 Å². The van der Waals surface area contributed by atoms with Gasteiger partial charge in [0, 0.05) is 33.1 Å². The number of likely N-dealkylation sites (tertiary alicyclic amines) is 1. The summed E-state index contributed by atoms with van der Waals surface area (Å²) in [5.41, 5.74) is 0.444. The van der Waals surface area contributed by atoms with Crippen LogP contribution < -0.4 is 4.74 Å². The van der Waals surface area contributed by atoms with Crippen LogP contribution in [0.1, 0.15) is 71.2 Å². The lowest BCUT2D eigenvalue weighted by atomic mass is 9.97. The molecule has 3 amide bonds. The number of hydrogen-bond acceptors (Lipinski definition) is 6. The molecular formula is C30H47N3O6. The minimum Gasteiger partial charge on any atom is -0.493 e. The molecule has 2 aliphatic heterocycles. The van der Waals surface area contributed by atoms with Gasteiger partial charge in [-0.2, -0.15) is 0 Å². The highest BCUT2D eigenvalue weighted by Gasteiger charge is 2.37. The number of piperidine rings is 1. The van der Waals surface area contributed by atoms with Crippen molar-refractivity contribution in [3.8, 4) is 5.75 Å². The molecule has 2 aliphatic rings. The molecule has 2 fully saturated rings. The lowest BCUT2D eigenvalue weighted by Gasteiger charge is -2.41. The number of amides is 3. The van der Waals surface area contributed by atoms with Gasteiger partial charge in [-0.1, -0.05) is 40.7 Å². The molecule has 0 saturated carbocycles. The molecule has 2 saturated heterocycles. The molecule has 0 aliphatic carbocycles. The monoisotopic (exact) mass is 545 g/mol. The lowest BCUT2D eigenvalue weighted by molar-refractivity contribution is -0.154. The molecule has 0 N–H and O–H groups in total. The predicted molar refractivity (Wildman–Crippen MR) is 150 cm³/mol. The molecule has 0 bridgehead atoms. The molecule has 1 atom stereocenters. The number of piperazine rings is 1. The van der Waals surface area contributed by atoms with Gasteiger partial charge in [-0.3, -0.25) is 14.4 Å². The standard InChI is InChI=1S/C26H37N3O6.C4H10/c1-18(2)14-23-25(32)28(12-13-29(23)19(3)30)16-24(31)27-10-8-20(9-11-27)17-35-22-7-5-6-21(15-22)26(33)34-4;1-4(2)3/h5-7,15,18,20,23H,8-14,16-17H2,1-4H3;4H,1-3H3. The molecule has 1 aromatic carbocycles. The van der Waals surface area contributed by atoms with E-state index in [0.717, 1.165) is 18.8 Å². The second kappa shape index (κ2) is 15.5. The van der Waals surface area contributed by atoms with Crippen molar-refractivity contribution in [2.45, 2.75) is 66.8 Å². The number of rotatable bonds is 8. The number of carbonyl (C=O) groups excluding carboxylic acids is 4. The van der Waals surface area contributed by atoms with E-state index in [2.05, 4.69) is 20.8 Å². The second-order valence-corrected chi connectivity index (χ2v) is 11.5. The Kier molecular flexibility index (Phi) is 12.7. The Labute approximate surface area is 233 Å². The fourth-order valence-electron chi connectivity index (χ4n) is 4.70. The van der Waals surface area contributed by atoms with Crippen LogP contribution in [0.25, 0.3) is 0 Å². The SMILES string of the molecule is CC(C)C.COC(=O)c1cccc(OCC2CCN(C(=O)CN3CCN(C(C)=O)C(CC(C)C)C3=O)CC2)c1. The summed E-state index contributed by atoms with van der Waals surface area (Å²) < 4.78 is 10.6. The predicted octanol–water partition coefficient (Wildman–Crippen LogP) is 3.86. The van der Waals surface area contributed by atoms with Gasteiger partial charge in [0.2, 0.25) is 17.7 Å². The zero-order valence-corrected chi connectivity index (χ0v) is 24.8. The summed E-state index contributed by atoms with van der Waals surface area (Å²) in [4.78, 5) is 54.8. The number of hydrogen-bond donors (Lipinski definition) is 0. The Bertz CT molecular complexity index is 968. The molecule has 9 nitrogen and oxygen atoms in total. The first kappa shape index (κ1) is 32.1. The summed E-state index contributed by atoms with van der Waals surface area (Å²) in [7, 11) is 1.34. The van der Waals surface area contributed by atoms with E-state index >= 15 is 0 Å². The number of esters is 1. The number of benzene rings is 1. The first-order valence-corrected chi connectivity index (χ1v) is 14.1. The summed E-state index contributed by atoms with van der Waals surface area (Å²) >= 11 is 0. The smallest absolute Gasteiger partial charge is 0.337 e. The normalized spacial score (nSPS) is 18.1. The van der Waals surface area contributed by atoms with E-state index in [9.17, 15) is 19.2 Å². The Morgan fingerprint density at radius 1 is 1.00 bits per heavy atom. The number of ether oxygens (including phenoxy) is 2. The Hall–Kier alpha value is -3.10. The highest BCUT2D eigenvalue weighted by atomic mass is 16.5. The molecule has 1 aromatic rings. The van der Waals surface area contributed by atoms with Gasteiger partial charge < -0.3 is 24.2 Å². The van der Waals surface area contributed by atoms with Gasteiger partial charge in [-0.05, 0) is 55.2 Å². The van der Waals surface area contributed by atoms with Crippen molar-refractivity contribution in [1.82, 2.24) is 14.7 Å². The summed E-state index contributed by atoms with van der Waals surface area (Å²) in [6.07, 6.45) is 2.21. The number of nitrogens with zero attached hydrogens (tertiary/aromatic N) is 3. The topological polar surface area (TPSA) is 96.5 Å².